The minimum atomic E-state index is 0.240. The molecule has 0 aromatic heterocycles. The number of rotatable bonds is 6. The van der Waals surface area contributed by atoms with Crippen LogP contribution in [0.5, 0.6) is 0 Å². The van der Waals surface area contributed by atoms with E-state index < -0.39 is 0 Å². The Morgan fingerprint density at radius 1 is 1.08 bits per heavy atom. The zero-order valence-corrected chi connectivity index (χ0v) is 16.8. The average Bonchev–Trinajstić information content (AvgIpc) is 2.53. The van der Waals surface area contributed by atoms with Crippen LogP contribution in [-0.4, -0.2) is 0 Å². The fourth-order valence-electron chi connectivity index (χ4n) is 4.33. The summed E-state index contributed by atoms with van der Waals surface area (Å²) in [5.74, 6) is 3.96. The highest BCUT2D eigenvalue weighted by atomic mass is 14.4. The highest BCUT2D eigenvalue weighted by Gasteiger charge is 2.31. The van der Waals surface area contributed by atoms with Gasteiger partial charge in [0.1, 0.15) is 0 Å². The summed E-state index contributed by atoms with van der Waals surface area (Å²) in [6, 6.07) is 11.0. The maximum Gasteiger partial charge on any atom is -0.00831 e. The van der Waals surface area contributed by atoms with Gasteiger partial charge in [-0.25, -0.2) is 0 Å². The van der Waals surface area contributed by atoms with Gasteiger partial charge in [0.15, 0.2) is 0 Å². The fourth-order valence-corrected chi connectivity index (χ4v) is 4.33. The molecule has 134 valence electrons. The lowest BCUT2D eigenvalue weighted by atomic mass is 9.68. The van der Waals surface area contributed by atoms with Crippen LogP contribution in [0.3, 0.4) is 0 Å². The molecule has 0 spiro atoms. The summed E-state index contributed by atoms with van der Waals surface area (Å²) in [7, 11) is 0. The van der Waals surface area contributed by atoms with Crippen molar-refractivity contribution in [2.75, 3.05) is 0 Å². The molecule has 4 atom stereocenters. The maximum absolute atomic E-state index is 2.60. The van der Waals surface area contributed by atoms with Crippen LogP contribution < -0.4 is 0 Å². The van der Waals surface area contributed by atoms with Gasteiger partial charge >= 0.3 is 0 Å². The van der Waals surface area contributed by atoms with Crippen molar-refractivity contribution in [2.24, 2.45) is 35.0 Å². The first kappa shape index (κ1) is 19.3. The monoisotopic (exact) mass is 326 g/mol. The van der Waals surface area contributed by atoms with Gasteiger partial charge in [0.25, 0.3) is 0 Å². The highest BCUT2D eigenvalue weighted by molar-refractivity contribution is 5.19. The smallest absolute Gasteiger partial charge is 0.00831 e. The molecular weight excluding hydrogens is 288 g/mol. The van der Waals surface area contributed by atoms with Gasteiger partial charge in [0.05, 0.1) is 0 Å². The molecule has 2 rings (SSSR count). The van der Waals surface area contributed by atoms with Crippen LogP contribution in [0, 0.1) is 35.0 Å². The summed E-state index contributed by atoms with van der Waals surface area (Å²) < 4.78 is 0. The number of hydrogen-bond donors (Lipinski definition) is 0. The van der Waals surface area contributed by atoms with Crippen LogP contribution in [-0.2, 0) is 6.42 Å². The topological polar surface area (TPSA) is 0 Å². The average molecular weight is 327 g/mol. The van der Waals surface area contributed by atoms with Gasteiger partial charge in [-0.15, -0.1) is 0 Å². The van der Waals surface area contributed by atoms with E-state index in [1.165, 1.54) is 24.8 Å². The lowest BCUT2D eigenvalue weighted by molar-refractivity contribution is 0.176. The Balaban J connectivity index is 2.17. The Hall–Kier alpha value is -1.04. The summed E-state index contributed by atoms with van der Waals surface area (Å²) >= 11 is 0. The molecule has 1 aliphatic carbocycles. The van der Waals surface area contributed by atoms with Crippen molar-refractivity contribution >= 4 is 0 Å². The molecule has 1 saturated carbocycles. The van der Waals surface area contributed by atoms with E-state index in [0.717, 1.165) is 30.1 Å². The van der Waals surface area contributed by atoms with E-state index in [-0.39, 0.29) is 5.41 Å². The number of benzene rings is 1. The molecule has 0 amide bonds. The van der Waals surface area contributed by atoms with Crippen molar-refractivity contribution in [2.45, 2.75) is 67.2 Å². The predicted octanol–water partition coefficient (Wildman–Crippen LogP) is 7.16. The minimum absolute atomic E-state index is 0.240. The molecule has 24 heavy (non-hydrogen) atoms. The van der Waals surface area contributed by atoms with Crippen LogP contribution in [0.15, 0.2) is 42.5 Å². The van der Waals surface area contributed by atoms with Gasteiger partial charge in [-0.2, -0.15) is 0 Å². The fraction of sp³-hybridized carbons (Fsp3) is 0.667. The summed E-state index contributed by atoms with van der Waals surface area (Å²) in [4.78, 5) is 0. The van der Waals surface area contributed by atoms with Crippen LogP contribution >= 0.6 is 0 Å². The minimum Gasteiger partial charge on any atom is -0.0846 e. The van der Waals surface area contributed by atoms with Crippen molar-refractivity contribution in [1.29, 1.82) is 0 Å². The summed E-state index contributed by atoms with van der Waals surface area (Å²) in [5.41, 5.74) is 1.69. The first-order chi connectivity index (χ1) is 11.3. The maximum atomic E-state index is 2.60. The lowest BCUT2D eigenvalue weighted by Gasteiger charge is -2.37. The molecule has 0 heterocycles. The number of allylic oxidation sites excluding steroid dienone is 2. The normalized spacial score (nSPS) is 27.8. The molecule has 1 aromatic carbocycles. The summed E-state index contributed by atoms with van der Waals surface area (Å²) in [6.45, 7) is 14.4. The number of hydrogen-bond acceptors (Lipinski definition) is 0. The molecule has 0 aliphatic heterocycles. The molecule has 0 unspecified atom stereocenters. The van der Waals surface area contributed by atoms with Crippen molar-refractivity contribution in [1.82, 2.24) is 0 Å². The van der Waals surface area contributed by atoms with E-state index in [0.29, 0.717) is 5.92 Å². The molecule has 1 aliphatic rings. The van der Waals surface area contributed by atoms with E-state index >= 15 is 0 Å². The SMILES string of the molecule is CC(C)[C@H]1CC[C@@H](C)C[C@H]1C=C[C@@](C)(Cc1ccccc1)C(C)C. The van der Waals surface area contributed by atoms with Crippen molar-refractivity contribution < 1.29 is 0 Å². The molecule has 0 nitrogen and oxygen atoms in total. The van der Waals surface area contributed by atoms with Crippen LogP contribution in [0.25, 0.3) is 0 Å². The third-order valence-corrected chi connectivity index (χ3v) is 6.54. The second kappa shape index (κ2) is 8.37. The molecule has 0 radical (unpaired) electrons. The third kappa shape index (κ3) is 4.98. The Morgan fingerprint density at radius 3 is 2.33 bits per heavy atom. The largest absolute Gasteiger partial charge is 0.0846 e. The van der Waals surface area contributed by atoms with E-state index in [1.807, 2.05) is 0 Å². The van der Waals surface area contributed by atoms with Gasteiger partial charge in [-0.05, 0) is 59.8 Å². The lowest BCUT2D eigenvalue weighted by Crippen LogP contribution is -2.28. The van der Waals surface area contributed by atoms with Gasteiger partial charge in [-0.3, -0.25) is 0 Å². The highest BCUT2D eigenvalue weighted by Crippen LogP contribution is 2.40. The zero-order valence-electron chi connectivity index (χ0n) is 16.8. The molecule has 1 fully saturated rings. The predicted molar refractivity (Wildman–Crippen MR) is 107 cm³/mol. The summed E-state index contributed by atoms with van der Waals surface area (Å²) in [6.07, 6.45) is 10.5. The van der Waals surface area contributed by atoms with E-state index in [4.69, 9.17) is 0 Å². The van der Waals surface area contributed by atoms with Crippen LogP contribution in [0.2, 0.25) is 0 Å². The van der Waals surface area contributed by atoms with E-state index in [1.54, 1.807) is 0 Å². The van der Waals surface area contributed by atoms with E-state index in [9.17, 15) is 0 Å². The molecule has 0 saturated heterocycles. The Labute approximate surface area is 150 Å². The first-order valence-electron chi connectivity index (χ1n) is 10.0. The van der Waals surface area contributed by atoms with Crippen molar-refractivity contribution in [3.8, 4) is 0 Å². The Kier molecular flexibility index (Phi) is 6.72. The second-order valence-electron chi connectivity index (χ2n) is 9.17. The van der Waals surface area contributed by atoms with Gasteiger partial charge < -0.3 is 0 Å². The molecule has 0 bridgehead atoms. The Morgan fingerprint density at radius 2 is 1.75 bits per heavy atom. The first-order valence-corrected chi connectivity index (χ1v) is 10.0. The third-order valence-electron chi connectivity index (χ3n) is 6.54. The van der Waals surface area contributed by atoms with E-state index in [2.05, 4.69) is 84.0 Å². The van der Waals surface area contributed by atoms with Gasteiger partial charge in [-0.1, -0.05) is 90.4 Å². The van der Waals surface area contributed by atoms with Gasteiger partial charge in [0, 0.05) is 0 Å². The Bertz CT molecular complexity index is 510. The standard InChI is InChI=1S/C24H38/c1-18(2)23-13-12-20(5)16-22(23)14-15-24(6,19(3)4)17-21-10-8-7-9-11-21/h7-11,14-15,18-20,22-23H,12-13,16-17H2,1-6H3/t20-,22-,23-,24+/m1/s1. The quantitative estimate of drug-likeness (QED) is 0.487. The molecule has 1 aromatic rings. The van der Waals surface area contributed by atoms with Crippen LogP contribution in [0.4, 0.5) is 0 Å². The zero-order chi connectivity index (χ0) is 17.7. The van der Waals surface area contributed by atoms with Crippen molar-refractivity contribution in [3.05, 3.63) is 48.0 Å². The van der Waals surface area contributed by atoms with Gasteiger partial charge in [0.2, 0.25) is 0 Å². The molecular formula is C24H38. The molecule has 0 N–H and O–H groups in total. The second-order valence-corrected chi connectivity index (χ2v) is 9.17. The molecule has 0 heteroatoms. The summed E-state index contributed by atoms with van der Waals surface area (Å²) in [5, 5.41) is 0. The van der Waals surface area contributed by atoms with Crippen molar-refractivity contribution in [3.63, 3.8) is 0 Å². The van der Waals surface area contributed by atoms with Crippen LogP contribution in [0.1, 0.15) is 66.4 Å².